The second-order valence-corrected chi connectivity index (χ2v) is 5.20. The summed E-state index contributed by atoms with van der Waals surface area (Å²) in [5, 5.41) is 0.496. The van der Waals surface area contributed by atoms with Gasteiger partial charge in [-0.1, -0.05) is 18.2 Å². The number of aromatic amines is 1. The van der Waals surface area contributed by atoms with E-state index in [1.54, 1.807) is 37.4 Å². The minimum absolute atomic E-state index is 0.120. The van der Waals surface area contributed by atoms with Gasteiger partial charge in [0.1, 0.15) is 11.6 Å². The molecule has 0 aliphatic heterocycles. The average Bonchev–Trinajstić information content (AvgIpc) is 2.54. The quantitative estimate of drug-likeness (QED) is 0.807. The van der Waals surface area contributed by atoms with Crippen molar-refractivity contribution in [3.05, 3.63) is 76.1 Å². The highest BCUT2D eigenvalue weighted by molar-refractivity contribution is 5.94. The van der Waals surface area contributed by atoms with Crippen LogP contribution in [0, 0.1) is 5.82 Å². The Bertz CT molecular complexity index is 936. The first-order valence-electron chi connectivity index (χ1n) is 7.03. The van der Waals surface area contributed by atoms with E-state index >= 15 is 0 Å². The maximum Gasteiger partial charge on any atom is 0.258 e. The van der Waals surface area contributed by atoms with Crippen LogP contribution < -0.4 is 5.56 Å². The van der Waals surface area contributed by atoms with Crippen LogP contribution >= 0.6 is 0 Å². The van der Waals surface area contributed by atoms with E-state index in [4.69, 9.17) is 0 Å². The molecule has 0 fully saturated rings. The molecule has 1 amide bonds. The minimum Gasteiger partial charge on any atom is -0.334 e. The molecule has 0 spiro atoms. The summed E-state index contributed by atoms with van der Waals surface area (Å²) in [6.07, 6.45) is 0. The number of hydrogen-bond acceptors (Lipinski definition) is 3. The van der Waals surface area contributed by atoms with E-state index in [-0.39, 0.29) is 23.6 Å². The standard InChI is InChI=1S/C17H14FN3O2/c1-21(17(23)11-5-4-6-12(18)9-11)10-15-19-14-8-3-2-7-13(14)16(22)20-15/h2-9H,10H2,1H3,(H,19,20,22). The zero-order valence-electron chi connectivity index (χ0n) is 12.4. The predicted molar refractivity (Wildman–Crippen MR) is 84.6 cm³/mol. The highest BCUT2D eigenvalue weighted by atomic mass is 19.1. The maximum absolute atomic E-state index is 13.2. The zero-order chi connectivity index (χ0) is 16.4. The number of fused-ring (bicyclic) bond motifs is 1. The summed E-state index contributed by atoms with van der Waals surface area (Å²) in [5.41, 5.74) is 0.561. The van der Waals surface area contributed by atoms with Crippen LogP contribution in [0.3, 0.4) is 0 Å². The predicted octanol–water partition coefficient (Wildman–Crippen LogP) is 2.33. The summed E-state index contributed by atoms with van der Waals surface area (Å²) in [7, 11) is 1.57. The van der Waals surface area contributed by atoms with Gasteiger partial charge in [-0.05, 0) is 30.3 Å². The summed E-state index contributed by atoms with van der Waals surface area (Å²) in [6.45, 7) is 0.120. The van der Waals surface area contributed by atoms with E-state index in [1.807, 2.05) is 0 Å². The number of hydrogen-bond donors (Lipinski definition) is 1. The lowest BCUT2D eigenvalue weighted by Gasteiger charge is -2.16. The van der Waals surface area contributed by atoms with Crippen molar-refractivity contribution in [3.8, 4) is 0 Å². The third kappa shape index (κ3) is 3.11. The molecule has 0 radical (unpaired) electrons. The molecule has 5 nitrogen and oxygen atoms in total. The van der Waals surface area contributed by atoms with Crippen molar-refractivity contribution < 1.29 is 9.18 Å². The van der Waals surface area contributed by atoms with Crippen molar-refractivity contribution in [2.45, 2.75) is 6.54 Å². The molecule has 0 saturated heterocycles. The lowest BCUT2D eigenvalue weighted by Crippen LogP contribution is -2.28. The molecule has 0 aliphatic carbocycles. The van der Waals surface area contributed by atoms with E-state index in [0.29, 0.717) is 16.7 Å². The van der Waals surface area contributed by atoms with Gasteiger partial charge < -0.3 is 9.88 Å². The number of amides is 1. The number of benzene rings is 2. The van der Waals surface area contributed by atoms with Gasteiger partial charge in [0.2, 0.25) is 0 Å². The summed E-state index contributed by atoms with van der Waals surface area (Å²) in [4.78, 5) is 32.7. The number of carbonyl (C=O) groups is 1. The van der Waals surface area contributed by atoms with E-state index in [9.17, 15) is 14.0 Å². The molecule has 1 aromatic heterocycles. The first-order valence-corrected chi connectivity index (χ1v) is 7.03. The zero-order valence-corrected chi connectivity index (χ0v) is 12.4. The van der Waals surface area contributed by atoms with Gasteiger partial charge in [0.15, 0.2) is 0 Å². The Labute approximate surface area is 131 Å². The van der Waals surface area contributed by atoms with Crippen LogP contribution in [0.15, 0.2) is 53.3 Å². The Morgan fingerprint density at radius 1 is 1.22 bits per heavy atom. The van der Waals surface area contributed by atoms with E-state index < -0.39 is 5.82 Å². The van der Waals surface area contributed by atoms with Crippen LogP contribution in [0.2, 0.25) is 0 Å². The van der Waals surface area contributed by atoms with Crippen molar-refractivity contribution in [1.82, 2.24) is 14.9 Å². The lowest BCUT2D eigenvalue weighted by atomic mass is 10.2. The summed E-state index contributed by atoms with van der Waals surface area (Å²) in [5.74, 6) is -0.442. The van der Waals surface area contributed by atoms with Crippen molar-refractivity contribution in [2.24, 2.45) is 0 Å². The van der Waals surface area contributed by atoms with Crippen LogP contribution in [-0.4, -0.2) is 27.8 Å². The Hall–Kier alpha value is -3.02. The number of rotatable bonds is 3. The van der Waals surface area contributed by atoms with Crippen LogP contribution in [0.5, 0.6) is 0 Å². The van der Waals surface area contributed by atoms with Gasteiger partial charge >= 0.3 is 0 Å². The first-order chi connectivity index (χ1) is 11.0. The van der Waals surface area contributed by atoms with E-state index in [0.717, 1.165) is 0 Å². The second kappa shape index (κ2) is 6.00. The average molecular weight is 311 g/mol. The van der Waals surface area contributed by atoms with Crippen molar-refractivity contribution in [3.63, 3.8) is 0 Å². The molecule has 3 aromatic rings. The molecule has 0 unspecified atom stereocenters. The van der Waals surface area contributed by atoms with Gasteiger partial charge in [0.05, 0.1) is 17.4 Å². The highest BCUT2D eigenvalue weighted by Gasteiger charge is 2.14. The molecule has 116 valence electrons. The van der Waals surface area contributed by atoms with Crippen LogP contribution in [-0.2, 0) is 6.54 Å². The number of halogens is 1. The van der Waals surface area contributed by atoms with E-state index in [1.165, 1.54) is 23.1 Å². The number of para-hydroxylation sites is 1. The monoisotopic (exact) mass is 311 g/mol. The molecule has 2 aromatic carbocycles. The lowest BCUT2D eigenvalue weighted by molar-refractivity contribution is 0.0781. The molecular weight excluding hydrogens is 297 g/mol. The fourth-order valence-electron chi connectivity index (χ4n) is 2.35. The number of nitrogens with one attached hydrogen (secondary N) is 1. The van der Waals surface area contributed by atoms with Crippen molar-refractivity contribution in [1.29, 1.82) is 0 Å². The molecule has 0 aliphatic rings. The smallest absolute Gasteiger partial charge is 0.258 e. The summed E-state index contributed by atoms with van der Waals surface area (Å²) in [6, 6.07) is 12.5. The van der Waals surface area contributed by atoms with Gasteiger partial charge in [0.25, 0.3) is 11.5 Å². The molecule has 0 bridgehead atoms. The minimum atomic E-state index is -0.471. The molecule has 1 heterocycles. The SMILES string of the molecule is CN(Cc1nc2ccccc2c(=O)[nH]1)C(=O)c1cccc(F)c1. The molecule has 3 rings (SSSR count). The Morgan fingerprint density at radius 2 is 2.00 bits per heavy atom. The summed E-state index contributed by atoms with van der Waals surface area (Å²) >= 11 is 0. The Morgan fingerprint density at radius 3 is 2.78 bits per heavy atom. The van der Waals surface area contributed by atoms with Gasteiger partial charge in [0, 0.05) is 12.6 Å². The topological polar surface area (TPSA) is 66.1 Å². The van der Waals surface area contributed by atoms with Crippen LogP contribution in [0.1, 0.15) is 16.2 Å². The molecule has 1 N–H and O–H groups in total. The second-order valence-electron chi connectivity index (χ2n) is 5.20. The van der Waals surface area contributed by atoms with Crippen molar-refractivity contribution in [2.75, 3.05) is 7.05 Å². The normalized spacial score (nSPS) is 10.7. The van der Waals surface area contributed by atoms with E-state index in [2.05, 4.69) is 9.97 Å². The molecule has 0 saturated carbocycles. The Kier molecular flexibility index (Phi) is 3.89. The maximum atomic E-state index is 13.2. The van der Waals surface area contributed by atoms with Crippen LogP contribution in [0.25, 0.3) is 10.9 Å². The third-order valence-electron chi connectivity index (χ3n) is 3.47. The summed E-state index contributed by atoms with van der Waals surface area (Å²) < 4.78 is 13.2. The van der Waals surface area contributed by atoms with Crippen molar-refractivity contribution >= 4 is 16.8 Å². The molecule has 23 heavy (non-hydrogen) atoms. The van der Waals surface area contributed by atoms with Gasteiger partial charge in [-0.15, -0.1) is 0 Å². The number of carbonyl (C=O) groups excluding carboxylic acids is 1. The number of aromatic nitrogens is 2. The number of nitrogens with zero attached hydrogens (tertiary/aromatic N) is 2. The highest BCUT2D eigenvalue weighted by Crippen LogP contribution is 2.10. The number of H-pyrrole nitrogens is 1. The molecule has 0 atom stereocenters. The van der Waals surface area contributed by atoms with Gasteiger partial charge in [-0.3, -0.25) is 9.59 Å². The van der Waals surface area contributed by atoms with Crippen LogP contribution in [0.4, 0.5) is 4.39 Å². The first kappa shape index (κ1) is 14.9. The molecule has 6 heteroatoms. The largest absolute Gasteiger partial charge is 0.334 e. The fraction of sp³-hybridized carbons (Fsp3) is 0.118. The molecular formula is C17H14FN3O2. The Balaban J connectivity index is 1.86. The fourth-order valence-corrected chi connectivity index (χ4v) is 2.35. The van der Waals surface area contributed by atoms with Gasteiger partial charge in [-0.25, -0.2) is 9.37 Å². The third-order valence-corrected chi connectivity index (χ3v) is 3.47. The van der Waals surface area contributed by atoms with Gasteiger partial charge in [-0.2, -0.15) is 0 Å².